The predicted octanol–water partition coefficient (Wildman–Crippen LogP) is 4.91. The average molecular weight is 507 g/mol. The normalized spacial score (nSPS) is 16.9. The molecule has 0 bridgehead atoms. The zero-order valence-corrected chi connectivity index (χ0v) is 21.6. The fourth-order valence-corrected chi connectivity index (χ4v) is 5.30. The number of ketones is 2. The quantitative estimate of drug-likeness (QED) is 0.219. The van der Waals surface area contributed by atoms with Crippen molar-refractivity contribution in [3.05, 3.63) is 74.8 Å². The Hall–Kier alpha value is -3.98. The van der Waals surface area contributed by atoms with Gasteiger partial charge in [0.05, 0.1) is 36.4 Å². The van der Waals surface area contributed by atoms with E-state index in [-0.39, 0.29) is 22.2 Å². The van der Waals surface area contributed by atoms with Crippen molar-refractivity contribution in [2.75, 3.05) is 19.1 Å². The summed E-state index contributed by atoms with van der Waals surface area (Å²) in [7, 11) is 2.99. The minimum atomic E-state index is -1.00. The van der Waals surface area contributed by atoms with E-state index in [0.29, 0.717) is 33.2 Å². The van der Waals surface area contributed by atoms with Crippen molar-refractivity contribution in [1.29, 1.82) is 0 Å². The van der Waals surface area contributed by atoms with Gasteiger partial charge in [0.25, 0.3) is 5.78 Å². The highest BCUT2D eigenvalue weighted by atomic mass is 32.1. The second kappa shape index (κ2) is 9.58. The molecule has 1 aromatic heterocycles. The van der Waals surface area contributed by atoms with E-state index in [2.05, 4.69) is 4.98 Å². The van der Waals surface area contributed by atoms with E-state index < -0.39 is 17.7 Å². The number of aryl methyl sites for hydroxylation is 3. The van der Waals surface area contributed by atoms with Gasteiger partial charge in [-0.1, -0.05) is 35.1 Å². The largest absolute Gasteiger partial charge is 0.507 e. The maximum absolute atomic E-state index is 13.4. The highest BCUT2D eigenvalue weighted by Gasteiger charge is 2.48. The Morgan fingerprint density at radius 2 is 1.72 bits per heavy atom. The average Bonchev–Trinajstić information content (AvgIpc) is 3.36. The minimum absolute atomic E-state index is 0.0712. The molecule has 2 heterocycles. The lowest BCUT2D eigenvalue weighted by Crippen LogP contribution is -2.29. The SMILES string of the molecule is COc1ccc(C2/C(=C(\O)c3cc(C)ccc3C)C(=O)C(=O)N2c2nc(C)c(C(C)=O)s2)cc1OC. The van der Waals surface area contributed by atoms with Crippen molar-refractivity contribution in [3.63, 3.8) is 0 Å². The van der Waals surface area contributed by atoms with Crippen LogP contribution in [-0.2, 0) is 9.59 Å². The van der Waals surface area contributed by atoms with Crippen LogP contribution in [0.3, 0.4) is 0 Å². The van der Waals surface area contributed by atoms with E-state index in [9.17, 15) is 19.5 Å². The molecule has 0 saturated carbocycles. The maximum atomic E-state index is 13.4. The van der Waals surface area contributed by atoms with Crippen LogP contribution in [0.2, 0.25) is 0 Å². The summed E-state index contributed by atoms with van der Waals surface area (Å²) in [6.07, 6.45) is 0. The standard InChI is InChI=1S/C27H26N2O6S/c1-13-7-8-14(2)18(11-13)23(31)21-22(17-9-10-19(34-5)20(12-17)35-6)29(26(33)24(21)32)27-28-15(3)25(36-27)16(4)30/h7-12,22,31H,1-6H3/b23-21+. The van der Waals surface area contributed by atoms with Crippen LogP contribution in [0, 0.1) is 20.8 Å². The number of benzene rings is 2. The Morgan fingerprint density at radius 3 is 2.33 bits per heavy atom. The highest BCUT2D eigenvalue weighted by molar-refractivity contribution is 7.18. The Labute approximate surface area is 212 Å². The van der Waals surface area contributed by atoms with Crippen molar-refractivity contribution >= 4 is 39.7 Å². The molecular weight excluding hydrogens is 480 g/mol. The molecule has 1 aliphatic rings. The van der Waals surface area contributed by atoms with Gasteiger partial charge >= 0.3 is 5.91 Å². The molecule has 1 fully saturated rings. The third-order valence-corrected chi connectivity index (χ3v) is 7.38. The summed E-state index contributed by atoms with van der Waals surface area (Å²) in [5, 5.41) is 11.6. The highest BCUT2D eigenvalue weighted by Crippen LogP contribution is 2.45. The number of carbonyl (C=O) groups excluding carboxylic acids is 3. The Morgan fingerprint density at radius 1 is 1.03 bits per heavy atom. The molecule has 0 spiro atoms. The van der Waals surface area contributed by atoms with Crippen LogP contribution in [0.1, 0.15) is 50.6 Å². The lowest BCUT2D eigenvalue weighted by molar-refractivity contribution is -0.132. The van der Waals surface area contributed by atoms with Gasteiger partial charge < -0.3 is 14.6 Å². The summed E-state index contributed by atoms with van der Waals surface area (Å²) in [5.74, 6) is -1.29. The van der Waals surface area contributed by atoms with Gasteiger partial charge in [0, 0.05) is 12.5 Å². The topological polar surface area (TPSA) is 106 Å². The summed E-state index contributed by atoms with van der Waals surface area (Å²) >= 11 is 1.03. The van der Waals surface area contributed by atoms with E-state index in [1.807, 2.05) is 26.0 Å². The molecule has 1 amide bonds. The van der Waals surface area contributed by atoms with Gasteiger partial charge in [-0.25, -0.2) is 4.98 Å². The number of thiazole rings is 1. The minimum Gasteiger partial charge on any atom is -0.507 e. The lowest BCUT2D eigenvalue weighted by atomic mass is 9.93. The molecule has 1 unspecified atom stereocenters. The van der Waals surface area contributed by atoms with E-state index in [4.69, 9.17) is 9.47 Å². The fourth-order valence-electron chi connectivity index (χ4n) is 4.32. The van der Waals surface area contributed by atoms with Crippen LogP contribution in [-0.4, -0.2) is 41.8 Å². The first kappa shape index (κ1) is 25.1. The molecular formula is C27H26N2O6S. The number of nitrogens with zero attached hydrogens (tertiary/aromatic N) is 2. The van der Waals surface area contributed by atoms with Gasteiger partial charge in [0.1, 0.15) is 5.76 Å². The van der Waals surface area contributed by atoms with Gasteiger partial charge in [-0.3, -0.25) is 19.3 Å². The van der Waals surface area contributed by atoms with Crippen LogP contribution in [0.25, 0.3) is 5.76 Å². The van der Waals surface area contributed by atoms with Crippen LogP contribution in [0.4, 0.5) is 5.13 Å². The number of aliphatic hydroxyl groups excluding tert-OH is 1. The Bertz CT molecular complexity index is 1440. The van der Waals surface area contributed by atoms with Gasteiger partial charge in [-0.05, 0) is 50.1 Å². The number of anilines is 1. The summed E-state index contributed by atoms with van der Waals surface area (Å²) < 4.78 is 10.8. The van der Waals surface area contributed by atoms with Crippen molar-refractivity contribution in [1.82, 2.24) is 4.98 Å². The summed E-state index contributed by atoms with van der Waals surface area (Å²) in [5.41, 5.74) is 3.00. The van der Waals surface area contributed by atoms with Gasteiger partial charge in [-0.2, -0.15) is 0 Å². The molecule has 186 valence electrons. The van der Waals surface area contributed by atoms with Crippen molar-refractivity contribution in [2.45, 2.75) is 33.7 Å². The number of amides is 1. The Balaban J connectivity index is 2.01. The molecule has 36 heavy (non-hydrogen) atoms. The number of ether oxygens (including phenoxy) is 2. The first-order chi connectivity index (χ1) is 17.1. The van der Waals surface area contributed by atoms with Crippen molar-refractivity contribution in [3.8, 4) is 11.5 Å². The molecule has 9 heteroatoms. The fraction of sp³-hybridized carbons (Fsp3) is 0.259. The number of Topliss-reactive ketones (excluding diaryl/α,β-unsaturated/α-hetero) is 2. The molecule has 0 radical (unpaired) electrons. The van der Waals surface area contributed by atoms with E-state index >= 15 is 0 Å². The third kappa shape index (κ3) is 4.15. The van der Waals surface area contributed by atoms with Gasteiger partial charge in [0.2, 0.25) is 0 Å². The number of aromatic nitrogens is 1. The first-order valence-corrected chi connectivity index (χ1v) is 12.0. The Kier molecular flexibility index (Phi) is 6.69. The van der Waals surface area contributed by atoms with Crippen molar-refractivity contribution in [2.24, 2.45) is 0 Å². The van der Waals surface area contributed by atoms with E-state index in [0.717, 1.165) is 22.5 Å². The second-order valence-corrected chi connectivity index (χ2v) is 9.55. The molecule has 8 nitrogen and oxygen atoms in total. The molecule has 0 aliphatic carbocycles. The molecule has 1 N–H and O–H groups in total. The number of rotatable bonds is 6. The number of aliphatic hydroxyl groups is 1. The summed E-state index contributed by atoms with van der Waals surface area (Å²) in [6.45, 7) is 6.79. The van der Waals surface area contributed by atoms with Crippen LogP contribution < -0.4 is 14.4 Å². The first-order valence-electron chi connectivity index (χ1n) is 11.2. The van der Waals surface area contributed by atoms with E-state index in [1.54, 1.807) is 31.2 Å². The number of hydrogen-bond donors (Lipinski definition) is 1. The summed E-state index contributed by atoms with van der Waals surface area (Å²) in [6, 6.07) is 9.53. The van der Waals surface area contributed by atoms with Gasteiger partial charge in [-0.15, -0.1) is 0 Å². The number of methoxy groups -OCH3 is 2. The predicted molar refractivity (Wildman–Crippen MR) is 137 cm³/mol. The number of hydrogen-bond acceptors (Lipinski definition) is 8. The van der Waals surface area contributed by atoms with Gasteiger partial charge in [0.15, 0.2) is 22.4 Å². The second-order valence-electron chi connectivity index (χ2n) is 8.57. The maximum Gasteiger partial charge on any atom is 0.301 e. The number of carbonyl (C=O) groups is 3. The molecule has 1 aliphatic heterocycles. The molecule has 3 aromatic rings. The third-order valence-electron chi connectivity index (χ3n) is 6.13. The molecule has 2 aromatic carbocycles. The molecule has 1 saturated heterocycles. The smallest absolute Gasteiger partial charge is 0.301 e. The van der Waals surface area contributed by atoms with Crippen molar-refractivity contribution < 1.29 is 29.0 Å². The zero-order valence-electron chi connectivity index (χ0n) is 20.8. The monoisotopic (exact) mass is 506 g/mol. The van der Waals surface area contributed by atoms with E-state index in [1.165, 1.54) is 26.0 Å². The lowest BCUT2D eigenvalue weighted by Gasteiger charge is -2.24. The van der Waals surface area contributed by atoms with Crippen LogP contribution in [0.15, 0.2) is 42.0 Å². The van der Waals surface area contributed by atoms with Crippen LogP contribution in [0.5, 0.6) is 11.5 Å². The summed E-state index contributed by atoms with van der Waals surface area (Å²) in [4.78, 5) is 45.0. The zero-order chi connectivity index (χ0) is 26.3. The molecule has 1 atom stereocenters. The molecule has 4 rings (SSSR count). The van der Waals surface area contributed by atoms with Crippen LogP contribution >= 0.6 is 11.3 Å².